The van der Waals surface area contributed by atoms with Gasteiger partial charge in [0.15, 0.2) is 0 Å². The van der Waals surface area contributed by atoms with Crippen molar-refractivity contribution >= 4 is 27.7 Å². The summed E-state index contributed by atoms with van der Waals surface area (Å²) in [6.07, 6.45) is 1.66. The summed E-state index contributed by atoms with van der Waals surface area (Å²) in [4.78, 5) is 11.8. The quantitative estimate of drug-likeness (QED) is 0.914. The van der Waals surface area contributed by atoms with Crippen LogP contribution in [0.25, 0.3) is 0 Å². The standard InChI is InChI=1S/C11H13ClN2O3S/c12-10-5-3-9(4-6-10)11(15)13-18(16,17)14-7-1-2-8-14/h3-6H,1-2,7-8H2,(H,13,15). The van der Waals surface area contributed by atoms with Crippen LogP contribution in [0.1, 0.15) is 23.2 Å². The van der Waals surface area contributed by atoms with Crippen molar-refractivity contribution in [1.29, 1.82) is 0 Å². The summed E-state index contributed by atoms with van der Waals surface area (Å²) in [5.74, 6) is -0.640. The predicted octanol–water partition coefficient (Wildman–Crippen LogP) is 1.41. The highest BCUT2D eigenvalue weighted by Gasteiger charge is 2.27. The lowest BCUT2D eigenvalue weighted by atomic mass is 10.2. The molecular weight excluding hydrogens is 276 g/mol. The van der Waals surface area contributed by atoms with Crippen molar-refractivity contribution < 1.29 is 13.2 Å². The molecule has 2 rings (SSSR count). The summed E-state index contributed by atoms with van der Waals surface area (Å²) in [6.45, 7) is 0.923. The molecule has 7 heteroatoms. The van der Waals surface area contributed by atoms with Crippen LogP contribution >= 0.6 is 11.6 Å². The Labute approximate surface area is 111 Å². The van der Waals surface area contributed by atoms with E-state index in [9.17, 15) is 13.2 Å². The maximum atomic E-state index is 11.9. The van der Waals surface area contributed by atoms with Crippen LogP contribution in [-0.2, 0) is 10.2 Å². The molecule has 1 N–H and O–H groups in total. The molecule has 0 spiro atoms. The van der Waals surface area contributed by atoms with Gasteiger partial charge in [0, 0.05) is 23.7 Å². The van der Waals surface area contributed by atoms with E-state index in [0.29, 0.717) is 18.1 Å². The maximum Gasteiger partial charge on any atom is 0.304 e. The predicted molar refractivity (Wildman–Crippen MR) is 68.6 cm³/mol. The van der Waals surface area contributed by atoms with Gasteiger partial charge in [0.2, 0.25) is 0 Å². The topological polar surface area (TPSA) is 66.5 Å². The van der Waals surface area contributed by atoms with Crippen molar-refractivity contribution in [3.05, 3.63) is 34.9 Å². The summed E-state index contributed by atoms with van der Waals surface area (Å²) in [7, 11) is -3.72. The first-order valence-corrected chi connectivity index (χ1v) is 7.38. The molecule has 98 valence electrons. The fourth-order valence-corrected chi connectivity index (χ4v) is 3.12. The molecule has 1 aromatic rings. The number of carbonyl (C=O) groups is 1. The molecule has 0 aliphatic carbocycles. The number of hydrogen-bond acceptors (Lipinski definition) is 3. The Morgan fingerprint density at radius 3 is 2.28 bits per heavy atom. The monoisotopic (exact) mass is 288 g/mol. The van der Waals surface area contributed by atoms with Gasteiger partial charge in [-0.25, -0.2) is 4.72 Å². The number of hydrogen-bond donors (Lipinski definition) is 1. The highest BCUT2D eigenvalue weighted by atomic mass is 35.5. The average molecular weight is 289 g/mol. The van der Waals surface area contributed by atoms with Crippen LogP contribution in [-0.4, -0.2) is 31.7 Å². The first-order valence-electron chi connectivity index (χ1n) is 5.57. The molecule has 5 nitrogen and oxygen atoms in total. The molecule has 1 saturated heterocycles. The van der Waals surface area contributed by atoms with E-state index >= 15 is 0 Å². The molecule has 0 unspecified atom stereocenters. The number of nitrogens with zero attached hydrogens (tertiary/aromatic N) is 1. The molecule has 0 radical (unpaired) electrons. The molecule has 1 aliphatic heterocycles. The molecule has 1 heterocycles. The third-order valence-corrected chi connectivity index (χ3v) is 4.47. The summed E-state index contributed by atoms with van der Waals surface area (Å²) in [5, 5.41) is 0.494. The molecule has 18 heavy (non-hydrogen) atoms. The zero-order valence-corrected chi connectivity index (χ0v) is 11.2. The van der Waals surface area contributed by atoms with Crippen LogP contribution in [0.5, 0.6) is 0 Å². The second kappa shape index (κ2) is 5.26. The van der Waals surface area contributed by atoms with Crippen LogP contribution < -0.4 is 4.72 Å². The van der Waals surface area contributed by atoms with Crippen molar-refractivity contribution in [2.45, 2.75) is 12.8 Å². The summed E-state index contributed by atoms with van der Waals surface area (Å²) in [5.41, 5.74) is 0.266. The molecule has 0 saturated carbocycles. The summed E-state index contributed by atoms with van der Waals surface area (Å²) in [6, 6.07) is 6.05. The third kappa shape index (κ3) is 3.01. The van der Waals surface area contributed by atoms with E-state index in [0.717, 1.165) is 12.8 Å². The van der Waals surface area contributed by atoms with Crippen molar-refractivity contribution in [2.75, 3.05) is 13.1 Å². The third-order valence-electron chi connectivity index (χ3n) is 2.73. The van der Waals surface area contributed by atoms with Gasteiger partial charge >= 0.3 is 10.2 Å². The first-order chi connectivity index (χ1) is 8.49. The molecule has 1 aliphatic rings. The van der Waals surface area contributed by atoms with Gasteiger partial charge in [0.1, 0.15) is 0 Å². The molecular formula is C11H13ClN2O3S. The van der Waals surface area contributed by atoms with E-state index in [1.54, 1.807) is 12.1 Å². The summed E-state index contributed by atoms with van der Waals surface area (Å²) >= 11 is 5.69. The van der Waals surface area contributed by atoms with Gasteiger partial charge in [-0.3, -0.25) is 4.79 Å². The lowest BCUT2D eigenvalue weighted by Gasteiger charge is -2.15. The Morgan fingerprint density at radius 2 is 1.72 bits per heavy atom. The Kier molecular flexibility index (Phi) is 3.89. The largest absolute Gasteiger partial charge is 0.304 e. The van der Waals surface area contributed by atoms with Crippen LogP contribution in [0, 0.1) is 0 Å². The molecule has 0 bridgehead atoms. The van der Waals surface area contributed by atoms with Crippen LogP contribution in [0.3, 0.4) is 0 Å². The molecule has 1 fully saturated rings. The second-order valence-corrected chi connectivity index (χ2v) is 6.16. The van der Waals surface area contributed by atoms with Gasteiger partial charge in [-0.15, -0.1) is 0 Å². The minimum Gasteiger partial charge on any atom is -0.268 e. The number of benzene rings is 1. The Balaban J connectivity index is 2.09. The highest BCUT2D eigenvalue weighted by Crippen LogP contribution is 2.13. The normalized spacial score (nSPS) is 16.7. The zero-order valence-electron chi connectivity index (χ0n) is 9.60. The number of amides is 1. The fraction of sp³-hybridized carbons (Fsp3) is 0.364. The smallest absolute Gasteiger partial charge is 0.268 e. The Bertz CT molecular complexity index is 536. The maximum absolute atomic E-state index is 11.9. The van der Waals surface area contributed by atoms with Crippen LogP contribution in [0.4, 0.5) is 0 Å². The first kappa shape index (κ1) is 13.3. The molecule has 0 aromatic heterocycles. The Morgan fingerprint density at radius 1 is 1.17 bits per heavy atom. The molecule has 1 amide bonds. The Hall–Kier alpha value is -1.11. The van der Waals surface area contributed by atoms with Crippen LogP contribution in [0.2, 0.25) is 5.02 Å². The van der Waals surface area contributed by atoms with Crippen LogP contribution in [0.15, 0.2) is 24.3 Å². The fourth-order valence-electron chi connectivity index (χ4n) is 1.77. The van der Waals surface area contributed by atoms with E-state index < -0.39 is 16.1 Å². The SMILES string of the molecule is O=C(NS(=O)(=O)N1CCCC1)c1ccc(Cl)cc1. The van der Waals surface area contributed by atoms with Gasteiger partial charge < -0.3 is 0 Å². The minimum atomic E-state index is -3.72. The number of nitrogens with one attached hydrogen (secondary N) is 1. The van der Waals surface area contributed by atoms with E-state index in [4.69, 9.17) is 11.6 Å². The number of rotatable bonds is 3. The van der Waals surface area contributed by atoms with E-state index in [1.165, 1.54) is 16.4 Å². The van der Waals surface area contributed by atoms with E-state index in [1.807, 2.05) is 0 Å². The van der Waals surface area contributed by atoms with E-state index in [-0.39, 0.29) is 5.56 Å². The highest BCUT2D eigenvalue weighted by molar-refractivity contribution is 7.87. The lowest BCUT2D eigenvalue weighted by Crippen LogP contribution is -2.42. The average Bonchev–Trinajstić information content (AvgIpc) is 2.83. The zero-order chi connectivity index (χ0) is 13.2. The van der Waals surface area contributed by atoms with Gasteiger partial charge in [-0.1, -0.05) is 11.6 Å². The molecule has 0 atom stereocenters. The van der Waals surface area contributed by atoms with Crippen molar-refractivity contribution in [3.63, 3.8) is 0 Å². The second-order valence-electron chi connectivity index (χ2n) is 4.05. The minimum absolute atomic E-state index is 0.266. The van der Waals surface area contributed by atoms with Gasteiger partial charge in [0.25, 0.3) is 5.91 Å². The van der Waals surface area contributed by atoms with E-state index in [2.05, 4.69) is 4.72 Å². The number of halogens is 1. The summed E-state index contributed by atoms with van der Waals surface area (Å²) < 4.78 is 27.0. The van der Waals surface area contributed by atoms with Gasteiger partial charge in [0.05, 0.1) is 0 Å². The van der Waals surface area contributed by atoms with Gasteiger partial charge in [-0.2, -0.15) is 12.7 Å². The lowest BCUT2D eigenvalue weighted by molar-refractivity contribution is 0.0979. The van der Waals surface area contributed by atoms with Gasteiger partial charge in [-0.05, 0) is 37.1 Å². The molecule has 1 aromatic carbocycles. The number of carbonyl (C=O) groups excluding carboxylic acids is 1. The van der Waals surface area contributed by atoms with Crippen molar-refractivity contribution in [3.8, 4) is 0 Å². The van der Waals surface area contributed by atoms with Crippen molar-refractivity contribution in [2.24, 2.45) is 0 Å². The van der Waals surface area contributed by atoms with Crippen molar-refractivity contribution in [1.82, 2.24) is 9.03 Å².